The number of rotatable bonds is 2. The monoisotopic (exact) mass is 87.1 g/mol. The third-order valence-corrected chi connectivity index (χ3v) is 1.08. The fraction of sp³-hybridized carbons (Fsp3) is 1.00. The van der Waals surface area contributed by atoms with E-state index in [1.165, 1.54) is 12.8 Å². The molecule has 1 rings (SSSR count). The number of hydrogen-bond acceptors (Lipinski definition) is 2. The van der Waals surface area contributed by atoms with E-state index in [-0.39, 0.29) is 0 Å². The van der Waals surface area contributed by atoms with Crippen LogP contribution in [0.1, 0.15) is 12.8 Å². The topological polar surface area (TPSA) is 32.3 Å². The van der Waals surface area contributed by atoms with Crippen molar-refractivity contribution in [2.45, 2.75) is 12.8 Å². The largest absolute Gasteiger partial charge is 0.317 e. The molecule has 0 amide bonds. The quantitative estimate of drug-likeness (QED) is 0.477. The van der Waals surface area contributed by atoms with Crippen LogP contribution in [0.4, 0.5) is 0 Å². The third kappa shape index (κ3) is 0.954. The van der Waals surface area contributed by atoms with E-state index < -0.39 is 0 Å². The molecule has 0 heterocycles. The van der Waals surface area contributed by atoms with Gasteiger partial charge in [-0.05, 0) is 18.8 Å². The standard InChI is InChI=1S/C4H9NO/c6-5-3-4-1-2-4/h4-6H,1-3H2. The van der Waals surface area contributed by atoms with Gasteiger partial charge in [-0.25, -0.2) is 5.48 Å². The molecule has 0 bridgehead atoms. The van der Waals surface area contributed by atoms with Crippen molar-refractivity contribution < 1.29 is 5.21 Å². The smallest absolute Gasteiger partial charge is 0.0235 e. The Bertz CT molecular complexity index is 42.8. The molecule has 2 heteroatoms. The van der Waals surface area contributed by atoms with E-state index in [0.717, 1.165) is 12.5 Å². The lowest BCUT2D eigenvalue weighted by Crippen LogP contribution is -2.09. The van der Waals surface area contributed by atoms with Crippen LogP contribution >= 0.6 is 0 Å². The van der Waals surface area contributed by atoms with Crippen LogP contribution in [-0.4, -0.2) is 11.8 Å². The van der Waals surface area contributed by atoms with Gasteiger partial charge in [0.25, 0.3) is 0 Å². The van der Waals surface area contributed by atoms with E-state index in [0.29, 0.717) is 0 Å². The molecule has 0 atom stereocenters. The van der Waals surface area contributed by atoms with Crippen LogP contribution in [0.5, 0.6) is 0 Å². The molecule has 1 fully saturated rings. The molecule has 36 valence electrons. The van der Waals surface area contributed by atoms with E-state index in [4.69, 9.17) is 5.21 Å². The first kappa shape index (κ1) is 4.09. The van der Waals surface area contributed by atoms with Crippen LogP contribution in [0.3, 0.4) is 0 Å². The van der Waals surface area contributed by atoms with Crippen LogP contribution in [0.15, 0.2) is 0 Å². The molecule has 1 aliphatic carbocycles. The predicted octanol–water partition coefficient (Wildman–Crippen LogP) is 0.375. The molecule has 0 unspecified atom stereocenters. The second kappa shape index (κ2) is 1.58. The molecule has 0 spiro atoms. The zero-order chi connectivity index (χ0) is 4.41. The highest BCUT2D eigenvalue weighted by Gasteiger charge is 2.19. The Morgan fingerprint density at radius 1 is 1.67 bits per heavy atom. The zero-order valence-electron chi connectivity index (χ0n) is 3.65. The average molecular weight is 87.1 g/mol. The first-order chi connectivity index (χ1) is 2.93. The van der Waals surface area contributed by atoms with Gasteiger partial charge in [0.15, 0.2) is 0 Å². The minimum atomic E-state index is 0.787. The summed E-state index contributed by atoms with van der Waals surface area (Å²) in [6.45, 7) is 0.792. The maximum atomic E-state index is 8.03. The van der Waals surface area contributed by atoms with Gasteiger partial charge in [-0.3, -0.25) is 0 Å². The second-order valence-corrected chi connectivity index (χ2v) is 1.81. The fourth-order valence-electron chi connectivity index (χ4n) is 0.451. The van der Waals surface area contributed by atoms with Crippen LogP contribution in [0.25, 0.3) is 0 Å². The number of nitrogens with one attached hydrogen (secondary N) is 1. The van der Waals surface area contributed by atoms with Crippen molar-refractivity contribution in [3.05, 3.63) is 0 Å². The zero-order valence-corrected chi connectivity index (χ0v) is 3.65. The van der Waals surface area contributed by atoms with Crippen molar-refractivity contribution in [2.75, 3.05) is 6.54 Å². The molecule has 0 aromatic heterocycles. The summed E-state index contributed by atoms with van der Waals surface area (Å²) in [6.07, 6.45) is 2.60. The van der Waals surface area contributed by atoms with Gasteiger partial charge in [0, 0.05) is 6.54 Å². The first-order valence-corrected chi connectivity index (χ1v) is 2.30. The van der Waals surface area contributed by atoms with E-state index in [2.05, 4.69) is 5.48 Å². The summed E-state index contributed by atoms with van der Waals surface area (Å²) in [5, 5.41) is 8.03. The number of hydrogen-bond donors (Lipinski definition) is 2. The van der Waals surface area contributed by atoms with Gasteiger partial charge in [-0.1, -0.05) is 0 Å². The molecule has 0 aliphatic heterocycles. The van der Waals surface area contributed by atoms with Crippen molar-refractivity contribution in [1.82, 2.24) is 5.48 Å². The molecule has 0 radical (unpaired) electrons. The average Bonchev–Trinajstić information content (AvgIpc) is 2.21. The molecule has 0 aromatic carbocycles. The Morgan fingerprint density at radius 2 is 2.33 bits per heavy atom. The Morgan fingerprint density at radius 3 is 2.50 bits per heavy atom. The van der Waals surface area contributed by atoms with Crippen LogP contribution < -0.4 is 5.48 Å². The van der Waals surface area contributed by atoms with Gasteiger partial charge < -0.3 is 5.21 Å². The van der Waals surface area contributed by atoms with E-state index in [1.54, 1.807) is 0 Å². The summed E-state index contributed by atoms with van der Waals surface area (Å²) in [7, 11) is 0. The highest BCUT2D eigenvalue weighted by atomic mass is 16.5. The highest BCUT2D eigenvalue weighted by molar-refractivity contribution is 4.72. The van der Waals surface area contributed by atoms with Crippen LogP contribution in [-0.2, 0) is 0 Å². The molecule has 0 aromatic rings. The molecule has 1 aliphatic rings. The van der Waals surface area contributed by atoms with Gasteiger partial charge in [0.2, 0.25) is 0 Å². The normalized spacial score (nSPS) is 21.5. The second-order valence-electron chi connectivity index (χ2n) is 1.81. The predicted molar refractivity (Wildman–Crippen MR) is 22.5 cm³/mol. The summed E-state index contributed by atoms with van der Waals surface area (Å²) >= 11 is 0. The number of hydroxylamine groups is 1. The summed E-state index contributed by atoms with van der Waals surface area (Å²) < 4.78 is 0. The molecular formula is C4H9NO. The summed E-state index contributed by atoms with van der Waals surface area (Å²) in [5.41, 5.74) is 2.13. The Kier molecular flexibility index (Phi) is 1.08. The van der Waals surface area contributed by atoms with Gasteiger partial charge >= 0.3 is 0 Å². The maximum absolute atomic E-state index is 8.03. The highest BCUT2D eigenvalue weighted by Crippen LogP contribution is 2.27. The fourth-order valence-corrected chi connectivity index (χ4v) is 0.451. The van der Waals surface area contributed by atoms with Gasteiger partial charge in [0.1, 0.15) is 0 Å². The summed E-state index contributed by atoms with van der Waals surface area (Å²) in [5.74, 6) is 0.787. The van der Waals surface area contributed by atoms with E-state index in [1.807, 2.05) is 0 Å². The van der Waals surface area contributed by atoms with Crippen molar-refractivity contribution in [2.24, 2.45) is 5.92 Å². The van der Waals surface area contributed by atoms with Crippen molar-refractivity contribution in [3.8, 4) is 0 Å². The molecule has 2 nitrogen and oxygen atoms in total. The van der Waals surface area contributed by atoms with Gasteiger partial charge in [0.05, 0.1) is 0 Å². The molecular weight excluding hydrogens is 78.0 g/mol. The third-order valence-electron chi connectivity index (χ3n) is 1.08. The van der Waals surface area contributed by atoms with E-state index in [9.17, 15) is 0 Å². The lowest BCUT2D eigenvalue weighted by molar-refractivity contribution is 0.162. The first-order valence-electron chi connectivity index (χ1n) is 2.30. The Labute approximate surface area is 37.1 Å². The van der Waals surface area contributed by atoms with Crippen LogP contribution in [0, 0.1) is 5.92 Å². The lowest BCUT2D eigenvalue weighted by Gasteiger charge is -1.86. The van der Waals surface area contributed by atoms with E-state index >= 15 is 0 Å². The lowest BCUT2D eigenvalue weighted by atomic mass is 10.4. The van der Waals surface area contributed by atoms with Crippen molar-refractivity contribution in [3.63, 3.8) is 0 Å². The molecule has 1 saturated carbocycles. The summed E-state index contributed by atoms with van der Waals surface area (Å²) in [4.78, 5) is 0. The SMILES string of the molecule is ONCC1CC1. The minimum Gasteiger partial charge on any atom is -0.317 e. The van der Waals surface area contributed by atoms with Crippen molar-refractivity contribution in [1.29, 1.82) is 0 Å². The molecule has 2 N–H and O–H groups in total. The molecule has 0 saturated heterocycles. The van der Waals surface area contributed by atoms with Gasteiger partial charge in [-0.2, -0.15) is 0 Å². The Balaban J connectivity index is 1.88. The van der Waals surface area contributed by atoms with Crippen molar-refractivity contribution >= 4 is 0 Å². The van der Waals surface area contributed by atoms with Gasteiger partial charge in [-0.15, -0.1) is 0 Å². The maximum Gasteiger partial charge on any atom is 0.0235 e. The minimum absolute atomic E-state index is 0.787. The molecule has 6 heavy (non-hydrogen) atoms. The van der Waals surface area contributed by atoms with Crippen LogP contribution in [0.2, 0.25) is 0 Å². The summed E-state index contributed by atoms with van der Waals surface area (Å²) in [6, 6.07) is 0. The Hall–Kier alpha value is -0.0800.